The molecule has 0 aliphatic rings. The normalized spacial score (nSPS) is 10.8. The highest BCUT2D eigenvalue weighted by molar-refractivity contribution is 5.39. The van der Waals surface area contributed by atoms with Crippen molar-refractivity contribution in [2.45, 2.75) is 19.3 Å². The van der Waals surface area contributed by atoms with Crippen molar-refractivity contribution in [1.82, 2.24) is 0 Å². The number of halogens is 1. The molecule has 5 heteroatoms. The van der Waals surface area contributed by atoms with Crippen molar-refractivity contribution < 1.29 is 9.31 Å². The number of nitriles is 1. The van der Waals surface area contributed by atoms with E-state index in [2.05, 4.69) is 0 Å². The molecule has 15 heavy (non-hydrogen) atoms. The minimum Gasteiger partial charge on any atom is -0.258 e. The third-order valence-corrected chi connectivity index (χ3v) is 2.15. The highest BCUT2D eigenvalue weighted by Gasteiger charge is 2.23. The number of nitro benzene ring substituents is 1. The zero-order chi connectivity index (χ0) is 11.6. The van der Waals surface area contributed by atoms with Crippen LogP contribution in [0.1, 0.15) is 19.4 Å². The molecule has 78 valence electrons. The first-order chi connectivity index (χ1) is 6.88. The predicted molar refractivity (Wildman–Crippen MR) is 51.7 cm³/mol. The van der Waals surface area contributed by atoms with Crippen molar-refractivity contribution in [2.75, 3.05) is 0 Å². The first-order valence-corrected chi connectivity index (χ1v) is 4.24. The van der Waals surface area contributed by atoms with E-state index in [-0.39, 0.29) is 0 Å². The summed E-state index contributed by atoms with van der Waals surface area (Å²) >= 11 is 0. The summed E-state index contributed by atoms with van der Waals surface area (Å²) in [5, 5.41) is 19.2. The number of hydrogen-bond donors (Lipinski definition) is 0. The molecule has 0 aliphatic carbocycles. The molecule has 4 nitrogen and oxygen atoms in total. The molecule has 0 amide bonds. The summed E-state index contributed by atoms with van der Waals surface area (Å²) in [4.78, 5) is 9.56. The van der Waals surface area contributed by atoms with E-state index in [1.807, 2.05) is 6.07 Å². The maximum Gasteiger partial charge on any atom is 0.304 e. The second-order valence-corrected chi connectivity index (χ2v) is 3.66. The number of nitro groups is 1. The Morgan fingerprint density at radius 2 is 2.13 bits per heavy atom. The molecule has 0 heterocycles. The lowest BCUT2D eigenvalue weighted by atomic mass is 9.86. The third kappa shape index (κ3) is 2.10. The van der Waals surface area contributed by atoms with Gasteiger partial charge in [-0.05, 0) is 25.5 Å². The molecule has 0 fully saturated rings. The lowest BCUT2D eigenvalue weighted by Gasteiger charge is -2.15. The van der Waals surface area contributed by atoms with Crippen LogP contribution in [-0.4, -0.2) is 4.92 Å². The molecule has 1 aromatic carbocycles. The van der Waals surface area contributed by atoms with Gasteiger partial charge in [-0.2, -0.15) is 9.65 Å². The summed E-state index contributed by atoms with van der Waals surface area (Å²) in [7, 11) is 0. The molecule has 0 spiro atoms. The van der Waals surface area contributed by atoms with E-state index in [9.17, 15) is 14.5 Å². The Labute approximate surface area is 86.1 Å². The van der Waals surface area contributed by atoms with Gasteiger partial charge in [0.15, 0.2) is 0 Å². The largest absolute Gasteiger partial charge is 0.304 e. The van der Waals surface area contributed by atoms with E-state index >= 15 is 0 Å². The van der Waals surface area contributed by atoms with Crippen molar-refractivity contribution >= 4 is 5.69 Å². The highest BCUT2D eigenvalue weighted by Crippen LogP contribution is 2.26. The van der Waals surface area contributed by atoms with Gasteiger partial charge in [0.2, 0.25) is 5.82 Å². The van der Waals surface area contributed by atoms with Gasteiger partial charge in [0.25, 0.3) is 0 Å². The van der Waals surface area contributed by atoms with Crippen molar-refractivity contribution in [1.29, 1.82) is 5.26 Å². The summed E-state index contributed by atoms with van der Waals surface area (Å²) in [6.45, 7) is 3.24. The molecule has 0 saturated carbocycles. The van der Waals surface area contributed by atoms with Crippen molar-refractivity contribution in [3.05, 3.63) is 39.7 Å². The molecule has 0 unspecified atom stereocenters. The molecule has 0 bridgehead atoms. The Morgan fingerprint density at radius 3 is 2.53 bits per heavy atom. The van der Waals surface area contributed by atoms with Crippen LogP contribution >= 0.6 is 0 Å². The second kappa shape index (κ2) is 3.65. The second-order valence-electron chi connectivity index (χ2n) is 3.66. The van der Waals surface area contributed by atoms with E-state index < -0.39 is 21.8 Å². The number of nitrogens with zero attached hydrogens (tertiary/aromatic N) is 2. The van der Waals surface area contributed by atoms with Crippen LogP contribution in [0, 0.1) is 27.3 Å². The Kier molecular flexibility index (Phi) is 2.71. The van der Waals surface area contributed by atoms with Crippen molar-refractivity contribution in [3.8, 4) is 6.07 Å². The van der Waals surface area contributed by atoms with E-state index in [0.29, 0.717) is 5.56 Å². The van der Waals surface area contributed by atoms with Gasteiger partial charge in [0.1, 0.15) is 0 Å². The number of rotatable bonds is 2. The van der Waals surface area contributed by atoms with Crippen LogP contribution in [-0.2, 0) is 5.41 Å². The Morgan fingerprint density at radius 1 is 1.53 bits per heavy atom. The van der Waals surface area contributed by atoms with Gasteiger partial charge in [-0.3, -0.25) is 10.1 Å². The fraction of sp³-hybridized carbons (Fsp3) is 0.300. The molecule has 1 aromatic rings. The smallest absolute Gasteiger partial charge is 0.258 e. The van der Waals surface area contributed by atoms with Gasteiger partial charge in [-0.25, -0.2) is 0 Å². The Hall–Kier alpha value is -1.96. The van der Waals surface area contributed by atoms with Crippen LogP contribution < -0.4 is 0 Å². The summed E-state index contributed by atoms with van der Waals surface area (Å²) in [6.07, 6.45) is 0. The van der Waals surface area contributed by atoms with Crippen LogP contribution in [0.3, 0.4) is 0 Å². The van der Waals surface area contributed by atoms with Crippen molar-refractivity contribution in [3.63, 3.8) is 0 Å². The minimum absolute atomic E-state index is 0.424. The molecule has 0 aromatic heterocycles. The predicted octanol–water partition coefficient (Wildman–Crippen LogP) is 2.54. The van der Waals surface area contributed by atoms with Crippen molar-refractivity contribution in [2.24, 2.45) is 0 Å². The zero-order valence-electron chi connectivity index (χ0n) is 8.32. The Bertz CT molecular complexity index is 449. The van der Waals surface area contributed by atoms with Crippen LogP contribution in [0.5, 0.6) is 0 Å². The third-order valence-electron chi connectivity index (χ3n) is 2.15. The van der Waals surface area contributed by atoms with Gasteiger partial charge < -0.3 is 0 Å². The monoisotopic (exact) mass is 208 g/mol. The molecule has 0 N–H and O–H groups in total. The first-order valence-electron chi connectivity index (χ1n) is 4.24. The fourth-order valence-corrected chi connectivity index (χ4v) is 1.11. The number of hydrogen-bond acceptors (Lipinski definition) is 3. The summed E-state index contributed by atoms with van der Waals surface area (Å²) in [5.41, 5.74) is -1.00. The van der Waals surface area contributed by atoms with Crippen LogP contribution in [0.2, 0.25) is 0 Å². The van der Waals surface area contributed by atoms with Gasteiger partial charge in [-0.15, -0.1) is 0 Å². The summed E-state index contributed by atoms with van der Waals surface area (Å²) in [5.74, 6) is -0.916. The van der Waals surface area contributed by atoms with Gasteiger partial charge in [-0.1, -0.05) is 6.07 Å². The average Bonchev–Trinajstić information content (AvgIpc) is 2.17. The molecule has 0 aliphatic heterocycles. The van der Waals surface area contributed by atoms with E-state index in [0.717, 1.165) is 12.1 Å². The average molecular weight is 208 g/mol. The maximum absolute atomic E-state index is 13.2. The molecule has 0 saturated heterocycles. The van der Waals surface area contributed by atoms with E-state index in [1.54, 1.807) is 13.8 Å². The summed E-state index contributed by atoms with van der Waals surface area (Å²) in [6, 6.07) is 5.49. The lowest BCUT2D eigenvalue weighted by molar-refractivity contribution is -0.387. The molecular weight excluding hydrogens is 199 g/mol. The standard InChI is InChI=1S/C10H9FN2O2/c1-10(2,6-12)7-3-4-9(13(14)15)8(11)5-7/h3-5H,1-2H3. The van der Waals surface area contributed by atoms with Crippen LogP contribution in [0.15, 0.2) is 18.2 Å². The van der Waals surface area contributed by atoms with E-state index in [1.165, 1.54) is 6.07 Å². The molecule has 0 atom stereocenters. The first kappa shape index (κ1) is 11.1. The maximum atomic E-state index is 13.2. The van der Waals surface area contributed by atoms with Crippen LogP contribution in [0.25, 0.3) is 0 Å². The quantitative estimate of drug-likeness (QED) is 0.554. The topological polar surface area (TPSA) is 66.9 Å². The highest BCUT2D eigenvalue weighted by atomic mass is 19.1. The zero-order valence-corrected chi connectivity index (χ0v) is 8.32. The summed E-state index contributed by atoms with van der Waals surface area (Å²) < 4.78 is 13.2. The number of benzene rings is 1. The SMILES string of the molecule is CC(C)(C#N)c1ccc([N+](=O)[O-])c(F)c1. The van der Waals surface area contributed by atoms with Gasteiger partial charge in [0, 0.05) is 6.07 Å². The van der Waals surface area contributed by atoms with E-state index in [4.69, 9.17) is 5.26 Å². The minimum atomic E-state index is -0.916. The van der Waals surface area contributed by atoms with Gasteiger partial charge in [0.05, 0.1) is 16.4 Å². The lowest BCUT2D eigenvalue weighted by Crippen LogP contribution is -2.14. The molecule has 1 rings (SSSR count). The van der Waals surface area contributed by atoms with Crippen LogP contribution in [0.4, 0.5) is 10.1 Å². The Balaban J connectivity index is 3.25. The van der Waals surface area contributed by atoms with Gasteiger partial charge >= 0.3 is 5.69 Å². The molecular formula is C10H9FN2O2. The fourth-order valence-electron chi connectivity index (χ4n) is 1.11. The molecule has 0 radical (unpaired) electrons.